The Kier molecular flexibility index (Phi) is 5.91. The van der Waals surface area contributed by atoms with Crippen LogP contribution in [0.3, 0.4) is 0 Å². The van der Waals surface area contributed by atoms with Crippen LogP contribution in [-0.4, -0.2) is 41.0 Å². The average molecular weight is 472 g/mol. The molecule has 0 spiro atoms. The van der Waals surface area contributed by atoms with E-state index >= 15 is 0 Å². The molecule has 1 aromatic heterocycles. The van der Waals surface area contributed by atoms with Crippen LogP contribution in [0.5, 0.6) is 11.5 Å². The van der Waals surface area contributed by atoms with E-state index < -0.39 is 0 Å². The quantitative estimate of drug-likeness (QED) is 0.537. The van der Waals surface area contributed by atoms with Gasteiger partial charge in [0.25, 0.3) is 5.56 Å². The van der Waals surface area contributed by atoms with Crippen molar-refractivity contribution in [2.45, 2.75) is 25.5 Å². The third-order valence-electron chi connectivity index (χ3n) is 5.59. The Morgan fingerprint density at radius 2 is 2.06 bits per heavy atom. The Bertz CT molecular complexity index is 1230. The molecule has 0 bridgehead atoms. The Balaban J connectivity index is 1.42. The number of aromatic amines is 1. The minimum atomic E-state index is -0.167. The summed E-state index contributed by atoms with van der Waals surface area (Å²) < 4.78 is 16.7. The summed E-state index contributed by atoms with van der Waals surface area (Å²) in [4.78, 5) is 17.8. The fraction of sp³-hybridized carbons (Fsp3) is 0.304. The first-order chi connectivity index (χ1) is 15.5. The van der Waals surface area contributed by atoms with E-state index in [1.807, 2.05) is 35.2 Å². The number of H-pyrrole nitrogens is 1. The van der Waals surface area contributed by atoms with E-state index in [-0.39, 0.29) is 18.5 Å². The molecule has 32 heavy (non-hydrogen) atoms. The summed E-state index contributed by atoms with van der Waals surface area (Å²) in [6.07, 6.45) is 2.06. The second kappa shape index (κ2) is 8.97. The van der Waals surface area contributed by atoms with E-state index in [1.165, 1.54) is 0 Å². The number of anilines is 1. The van der Waals surface area contributed by atoms with Crippen molar-refractivity contribution in [2.24, 2.45) is 0 Å². The number of nitrogens with one attached hydrogen (secondary N) is 2. The van der Waals surface area contributed by atoms with Crippen LogP contribution in [0.25, 0.3) is 10.9 Å². The van der Waals surface area contributed by atoms with E-state index in [2.05, 4.69) is 10.3 Å². The van der Waals surface area contributed by atoms with Crippen LogP contribution in [-0.2, 0) is 11.3 Å². The minimum absolute atomic E-state index is 0.0717. The first-order valence-electron chi connectivity index (χ1n) is 10.4. The third kappa shape index (κ3) is 4.53. The van der Waals surface area contributed by atoms with Crippen LogP contribution in [0, 0.1) is 0 Å². The Morgan fingerprint density at radius 1 is 1.22 bits per heavy atom. The molecule has 1 unspecified atom stereocenters. The number of aromatic nitrogens is 1. The zero-order valence-electron chi connectivity index (χ0n) is 17.2. The zero-order valence-corrected chi connectivity index (χ0v) is 18.8. The maximum atomic E-state index is 12.9. The van der Waals surface area contributed by atoms with Crippen LogP contribution >= 0.6 is 23.8 Å². The maximum Gasteiger partial charge on any atom is 0.253 e. The van der Waals surface area contributed by atoms with Gasteiger partial charge in [-0.3, -0.25) is 4.79 Å². The molecule has 5 rings (SSSR count). The zero-order chi connectivity index (χ0) is 22.1. The highest BCUT2D eigenvalue weighted by Crippen LogP contribution is 2.35. The smallest absolute Gasteiger partial charge is 0.253 e. The van der Waals surface area contributed by atoms with Crippen molar-refractivity contribution in [2.75, 3.05) is 25.3 Å². The fourth-order valence-electron chi connectivity index (χ4n) is 3.99. The summed E-state index contributed by atoms with van der Waals surface area (Å²) in [6, 6.07) is 12.9. The molecule has 9 heteroatoms. The van der Waals surface area contributed by atoms with Crippen molar-refractivity contribution in [1.29, 1.82) is 0 Å². The molecular weight excluding hydrogens is 450 g/mol. The predicted octanol–water partition coefficient (Wildman–Crippen LogP) is 4.29. The molecule has 7 nitrogen and oxygen atoms in total. The van der Waals surface area contributed by atoms with Crippen LogP contribution in [0.15, 0.2) is 47.3 Å². The molecule has 2 N–H and O–H groups in total. The molecule has 3 aromatic rings. The molecule has 0 saturated carbocycles. The maximum absolute atomic E-state index is 12.9. The lowest BCUT2D eigenvalue weighted by Crippen LogP contribution is -2.40. The van der Waals surface area contributed by atoms with Gasteiger partial charge in [0.2, 0.25) is 6.79 Å². The summed E-state index contributed by atoms with van der Waals surface area (Å²) in [7, 11) is 0. The highest BCUT2D eigenvalue weighted by Gasteiger charge is 2.23. The second-order valence-electron chi connectivity index (χ2n) is 7.87. The first-order valence-corrected chi connectivity index (χ1v) is 11.2. The molecule has 0 aliphatic carbocycles. The average Bonchev–Trinajstić information content (AvgIpc) is 3.44. The number of pyridine rings is 1. The Morgan fingerprint density at radius 3 is 2.84 bits per heavy atom. The fourth-order valence-corrected chi connectivity index (χ4v) is 4.43. The van der Waals surface area contributed by atoms with Crippen LogP contribution in [0.1, 0.15) is 18.4 Å². The van der Waals surface area contributed by atoms with E-state index in [0.29, 0.717) is 45.8 Å². The summed E-state index contributed by atoms with van der Waals surface area (Å²) >= 11 is 11.8. The van der Waals surface area contributed by atoms with Gasteiger partial charge in [0.15, 0.2) is 16.6 Å². The molecule has 0 amide bonds. The number of nitrogens with zero attached hydrogens (tertiary/aromatic N) is 1. The molecule has 1 saturated heterocycles. The summed E-state index contributed by atoms with van der Waals surface area (Å²) in [5, 5.41) is 5.23. The van der Waals surface area contributed by atoms with Gasteiger partial charge in [0.05, 0.1) is 18.2 Å². The molecule has 1 fully saturated rings. The molecule has 2 aliphatic rings. The lowest BCUT2D eigenvalue weighted by Gasteiger charge is -2.28. The number of ether oxygens (including phenoxy) is 3. The standard InChI is InChI=1S/C23H22ClN3O4S/c24-16-3-1-4-17(9-16)25-23(32)27(12-18-5-2-6-29-18)11-15-7-14-8-20-21(31-13-30-20)10-19(14)26-22(15)28/h1,3-4,7-10,18H,2,5-6,11-13H2,(H,25,32)(H,26,28). The lowest BCUT2D eigenvalue weighted by molar-refractivity contribution is 0.0904. The highest BCUT2D eigenvalue weighted by atomic mass is 35.5. The number of rotatable bonds is 5. The molecule has 3 heterocycles. The Hall–Kier alpha value is -2.81. The SMILES string of the molecule is O=c1[nH]c2cc3c(cc2cc1CN(CC1CCCO1)C(=S)Nc1cccc(Cl)c1)OCO3. The van der Waals surface area contributed by atoms with Gasteiger partial charge in [-0.05, 0) is 55.4 Å². The third-order valence-corrected chi connectivity index (χ3v) is 6.18. The van der Waals surface area contributed by atoms with Crippen LogP contribution in [0.2, 0.25) is 5.02 Å². The van der Waals surface area contributed by atoms with Crippen molar-refractivity contribution >= 4 is 45.5 Å². The summed E-state index contributed by atoms with van der Waals surface area (Å²) in [5.41, 5.74) is 1.93. The van der Waals surface area contributed by atoms with E-state index in [9.17, 15) is 4.79 Å². The number of benzene rings is 2. The number of halogens is 1. The molecule has 0 radical (unpaired) electrons. The second-order valence-corrected chi connectivity index (χ2v) is 8.70. The van der Waals surface area contributed by atoms with Gasteiger partial charge in [0.1, 0.15) is 0 Å². The first kappa shape index (κ1) is 21.1. The predicted molar refractivity (Wildman–Crippen MR) is 128 cm³/mol. The van der Waals surface area contributed by atoms with E-state index in [1.54, 1.807) is 12.1 Å². The van der Waals surface area contributed by atoms with Crippen molar-refractivity contribution in [3.8, 4) is 11.5 Å². The largest absolute Gasteiger partial charge is 0.454 e. The van der Waals surface area contributed by atoms with Gasteiger partial charge in [-0.25, -0.2) is 0 Å². The topological polar surface area (TPSA) is 75.8 Å². The summed E-state index contributed by atoms with van der Waals surface area (Å²) in [6.45, 7) is 1.86. The van der Waals surface area contributed by atoms with Crippen molar-refractivity contribution in [1.82, 2.24) is 9.88 Å². The molecule has 2 aromatic carbocycles. The van der Waals surface area contributed by atoms with Crippen LogP contribution in [0.4, 0.5) is 5.69 Å². The number of hydrogen-bond acceptors (Lipinski definition) is 5. The van der Waals surface area contributed by atoms with Gasteiger partial charge < -0.3 is 29.4 Å². The molecular formula is C23H22ClN3O4S. The van der Waals surface area contributed by atoms with Gasteiger partial charge in [-0.1, -0.05) is 17.7 Å². The molecule has 166 valence electrons. The molecule has 2 aliphatic heterocycles. The van der Waals surface area contributed by atoms with Crippen molar-refractivity contribution in [3.63, 3.8) is 0 Å². The van der Waals surface area contributed by atoms with Gasteiger partial charge in [0, 0.05) is 40.9 Å². The minimum Gasteiger partial charge on any atom is -0.454 e. The van der Waals surface area contributed by atoms with Crippen LogP contribution < -0.4 is 20.3 Å². The highest BCUT2D eigenvalue weighted by molar-refractivity contribution is 7.80. The number of hydrogen-bond donors (Lipinski definition) is 2. The van der Waals surface area contributed by atoms with Crippen molar-refractivity contribution in [3.05, 3.63) is 63.4 Å². The van der Waals surface area contributed by atoms with Crippen molar-refractivity contribution < 1.29 is 14.2 Å². The van der Waals surface area contributed by atoms with Gasteiger partial charge in [-0.2, -0.15) is 0 Å². The number of fused-ring (bicyclic) bond motifs is 2. The van der Waals surface area contributed by atoms with Gasteiger partial charge in [-0.15, -0.1) is 0 Å². The molecule has 1 atom stereocenters. The summed E-state index contributed by atoms with van der Waals surface area (Å²) in [5.74, 6) is 1.30. The number of thiocarbonyl (C=S) groups is 1. The lowest BCUT2D eigenvalue weighted by atomic mass is 10.1. The van der Waals surface area contributed by atoms with E-state index in [4.69, 9.17) is 38.0 Å². The van der Waals surface area contributed by atoms with E-state index in [0.717, 1.165) is 30.5 Å². The monoisotopic (exact) mass is 471 g/mol. The Labute approximate surface area is 195 Å². The van der Waals surface area contributed by atoms with Gasteiger partial charge >= 0.3 is 0 Å². The normalized spacial score (nSPS) is 17.0.